The van der Waals surface area contributed by atoms with Crippen LogP contribution < -0.4 is 15.5 Å². The molecule has 0 radical (unpaired) electrons. The number of guanidine groups is 1. The Hall–Kier alpha value is -2.36. The van der Waals surface area contributed by atoms with E-state index in [1.807, 2.05) is 23.1 Å². The number of halogens is 2. The minimum absolute atomic E-state index is 0. The van der Waals surface area contributed by atoms with Gasteiger partial charge in [0.25, 0.3) is 0 Å². The molecular formula is C21H27FIN5O. The lowest BCUT2D eigenvalue weighted by Gasteiger charge is -2.36. The molecular weight excluding hydrogens is 484 g/mol. The van der Waals surface area contributed by atoms with Crippen molar-refractivity contribution >= 4 is 41.5 Å². The van der Waals surface area contributed by atoms with Crippen LogP contribution in [0, 0.1) is 5.82 Å². The Balaban J connectivity index is 0.00000300. The molecule has 0 aromatic heterocycles. The predicted molar refractivity (Wildman–Crippen MR) is 125 cm³/mol. The summed E-state index contributed by atoms with van der Waals surface area (Å²) in [4.78, 5) is 20.7. The van der Waals surface area contributed by atoms with Crippen LogP contribution in [0.5, 0.6) is 0 Å². The van der Waals surface area contributed by atoms with Crippen molar-refractivity contribution in [1.82, 2.24) is 15.5 Å². The van der Waals surface area contributed by atoms with Gasteiger partial charge in [0.2, 0.25) is 5.91 Å². The minimum atomic E-state index is -0.266. The number of nitrogens with one attached hydrogen (secondary N) is 2. The molecule has 0 atom stereocenters. The fourth-order valence-corrected chi connectivity index (χ4v) is 3.17. The molecule has 2 aromatic rings. The smallest absolute Gasteiger partial charge is 0.242 e. The van der Waals surface area contributed by atoms with Crippen molar-refractivity contribution in [2.45, 2.75) is 6.54 Å². The van der Waals surface area contributed by atoms with Gasteiger partial charge in [0.05, 0.1) is 6.54 Å². The van der Waals surface area contributed by atoms with Crippen molar-refractivity contribution in [2.75, 3.05) is 44.7 Å². The Morgan fingerprint density at radius 2 is 1.66 bits per heavy atom. The van der Waals surface area contributed by atoms with Crippen LogP contribution >= 0.6 is 24.0 Å². The number of aliphatic imine (C=N–C) groups is 1. The summed E-state index contributed by atoms with van der Waals surface area (Å²) in [5.74, 6) is 0.235. The first-order chi connectivity index (χ1) is 13.7. The van der Waals surface area contributed by atoms with Gasteiger partial charge in [-0.1, -0.05) is 36.4 Å². The number of carbonyl (C=O) groups excluding carboxylic acids is 1. The molecule has 1 aliphatic rings. The number of benzene rings is 2. The number of carbonyl (C=O) groups is 1. The van der Waals surface area contributed by atoms with E-state index in [1.54, 1.807) is 25.2 Å². The van der Waals surface area contributed by atoms with Crippen molar-refractivity contribution in [3.63, 3.8) is 0 Å². The summed E-state index contributed by atoms with van der Waals surface area (Å²) in [6, 6.07) is 16.8. The molecule has 156 valence electrons. The summed E-state index contributed by atoms with van der Waals surface area (Å²) in [6.07, 6.45) is 0. The molecule has 2 aromatic carbocycles. The van der Waals surface area contributed by atoms with Gasteiger partial charge >= 0.3 is 0 Å². The van der Waals surface area contributed by atoms with Gasteiger partial charge in [-0.15, -0.1) is 24.0 Å². The average Bonchev–Trinajstić information content (AvgIpc) is 2.75. The first-order valence-corrected chi connectivity index (χ1v) is 9.43. The third-order valence-corrected chi connectivity index (χ3v) is 4.79. The van der Waals surface area contributed by atoms with Gasteiger partial charge in [0, 0.05) is 51.0 Å². The summed E-state index contributed by atoms with van der Waals surface area (Å²) in [5, 5.41) is 6.04. The molecule has 0 unspecified atom stereocenters. The second-order valence-electron chi connectivity index (χ2n) is 6.57. The molecule has 2 N–H and O–H groups in total. The number of nitrogens with zero attached hydrogens (tertiary/aromatic N) is 3. The first-order valence-electron chi connectivity index (χ1n) is 9.43. The van der Waals surface area contributed by atoms with Crippen LogP contribution in [-0.4, -0.2) is 56.5 Å². The molecule has 1 aliphatic heterocycles. The highest BCUT2D eigenvalue weighted by molar-refractivity contribution is 14.0. The monoisotopic (exact) mass is 511 g/mol. The predicted octanol–water partition coefficient (Wildman–Crippen LogP) is 2.46. The Morgan fingerprint density at radius 1 is 1.00 bits per heavy atom. The molecule has 1 amide bonds. The Kier molecular flexibility index (Phi) is 9.17. The van der Waals surface area contributed by atoms with E-state index in [2.05, 4.69) is 32.7 Å². The maximum atomic E-state index is 13.7. The quantitative estimate of drug-likeness (QED) is 0.368. The SMILES string of the molecule is CN=C(NCC(=O)N1CCN(c2ccccc2)CC1)NCc1ccccc1F.I. The number of hydrogen-bond donors (Lipinski definition) is 2. The Morgan fingerprint density at radius 3 is 2.31 bits per heavy atom. The lowest BCUT2D eigenvalue weighted by atomic mass is 10.2. The summed E-state index contributed by atoms with van der Waals surface area (Å²) in [7, 11) is 1.62. The third-order valence-electron chi connectivity index (χ3n) is 4.79. The van der Waals surface area contributed by atoms with Crippen molar-refractivity contribution in [3.05, 3.63) is 66.0 Å². The number of hydrogen-bond acceptors (Lipinski definition) is 3. The zero-order valence-electron chi connectivity index (χ0n) is 16.5. The molecule has 6 nitrogen and oxygen atoms in total. The van der Waals surface area contributed by atoms with Crippen LogP contribution in [0.1, 0.15) is 5.56 Å². The van der Waals surface area contributed by atoms with Crippen LogP contribution in [0.3, 0.4) is 0 Å². The van der Waals surface area contributed by atoms with E-state index >= 15 is 0 Å². The molecule has 1 fully saturated rings. The van der Waals surface area contributed by atoms with Crippen LogP contribution in [0.4, 0.5) is 10.1 Å². The first kappa shape index (κ1) is 22.9. The Labute approximate surface area is 188 Å². The van der Waals surface area contributed by atoms with Gasteiger partial charge in [-0.2, -0.15) is 0 Å². The van der Waals surface area contributed by atoms with Gasteiger partial charge < -0.3 is 20.4 Å². The molecule has 0 aliphatic carbocycles. The van der Waals surface area contributed by atoms with Gasteiger partial charge in [-0.3, -0.25) is 9.79 Å². The van der Waals surface area contributed by atoms with Gasteiger partial charge in [-0.25, -0.2) is 4.39 Å². The number of para-hydroxylation sites is 1. The van der Waals surface area contributed by atoms with E-state index in [4.69, 9.17) is 0 Å². The molecule has 1 heterocycles. The van der Waals surface area contributed by atoms with E-state index in [9.17, 15) is 9.18 Å². The number of anilines is 1. The van der Waals surface area contributed by atoms with Crippen molar-refractivity contribution in [2.24, 2.45) is 4.99 Å². The van der Waals surface area contributed by atoms with Gasteiger partial charge in [-0.05, 0) is 18.2 Å². The van der Waals surface area contributed by atoms with Crippen LogP contribution in [0.25, 0.3) is 0 Å². The van der Waals surface area contributed by atoms with E-state index in [0.29, 0.717) is 31.2 Å². The van der Waals surface area contributed by atoms with Crippen LogP contribution in [-0.2, 0) is 11.3 Å². The standard InChI is InChI=1S/C21H26FN5O.HI/c1-23-21(24-15-17-7-5-6-10-19(17)22)25-16-20(28)27-13-11-26(12-14-27)18-8-3-2-4-9-18;/h2-10H,11-16H2,1H3,(H2,23,24,25);1H. The molecule has 8 heteroatoms. The molecule has 1 saturated heterocycles. The molecule has 0 spiro atoms. The van der Waals surface area contributed by atoms with Crippen LogP contribution in [0.15, 0.2) is 59.6 Å². The van der Waals surface area contributed by atoms with Gasteiger partial charge in [0.15, 0.2) is 5.96 Å². The minimum Gasteiger partial charge on any atom is -0.368 e. The highest BCUT2D eigenvalue weighted by Gasteiger charge is 2.21. The maximum Gasteiger partial charge on any atom is 0.242 e. The third kappa shape index (κ3) is 6.59. The highest BCUT2D eigenvalue weighted by atomic mass is 127. The summed E-state index contributed by atoms with van der Waals surface area (Å²) < 4.78 is 13.7. The number of piperazine rings is 1. The van der Waals surface area contributed by atoms with Gasteiger partial charge in [0.1, 0.15) is 5.82 Å². The molecule has 29 heavy (non-hydrogen) atoms. The summed E-state index contributed by atoms with van der Waals surface area (Å²) >= 11 is 0. The van der Waals surface area contributed by atoms with E-state index in [0.717, 1.165) is 13.1 Å². The van der Waals surface area contributed by atoms with Crippen LogP contribution in [0.2, 0.25) is 0 Å². The highest BCUT2D eigenvalue weighted by Crippen LogP contribution is 2.15. The van der Waals surface area contributed by atoms with E-state index < -0.39 is 0 Å². The average molecular weight is 511 g/mol. The fourth-order valence-electron chi connectivity index (χ4n) is 3.17. The molecule has 0 bridgehead atoms. The number of rotatable bonds is 5. The molecule has 0 saturated carbocycles. The fraction of sp³-hybridized carbons (Fsp3) is 0.333. The zero-order valence-corrected chi connectivity index (χ0v) is 18.8. The second kappa shape index (κ2) is 11.6. The normalized spacial score (nSPS) is 14.2. The topological polar surface area (TPSA) is 60.0 Å². The largest absolute Gasteiger partial charge is 0.368 e. The summed E-state index contributed by atoms with van der Waals surface area (Å²) in [5.41, 5.74) is 1.74. The van der Waals surface area contributed by atoms with Crippen molar-refractivity contribution < 1.29 is 9.18 Å². The van der Waals surface area contributed by atoms with Crippen molar-refractivity contribution in [1.29, 1.82) is 0 Å². The lowest BCUT2D eigenvalue weighted by molar-refractivity contribution is -0.130. The van der Waals surface area contributed by atoms with E-state index in [1.165, 1.54) is 11.8 Å². The van der Waals surface area contributed by atoms with E-state index in [-0.39, 0.29) is 42.2 Å². The zero-order chi connectivity index (χ0) is 19.8. The maximum absolute atomic E-state index is 13.7. The second-order valence-corrected chi connectivity index (χ2v) is 6.57. The molecule has 3 rings (SSSR count). The van der Waals surface area contributed by atoms with Crippen molar-refractivity contribution in [3.8, 4) is 0 Å². The number of amides is 1. The lowest BCUT2D eigenvalue weighted by Crippen LogP contribution is -2.52. The Bertz CT molecular complexity index is 810. The summed E-state index contributed by atoms with van der Waals surface area (Å²) in [6.45, 7) is 3.47.